The molecule has 1 aromatic carbocycles. The molecule has 1 aromatic rings. The summed E-state index contributed by atoms with van der Waals surface area (Å²) in [6, 6.07) is 10.2. The van der Waals surface area contributed by atoms with E-state index in [2.05, 4.69) is 10.6 Å². The predicted octanol–water partition coefficient (Wildman–Crippen LogP) is -0.827. The van der Waals surface area contributed by atoms with Gasteiger partial charge in [-0.25, -0.2) is 0 Å². The molecule has 0 aromatic heterocycles. The van der Waals surface area contributed by atoms with Gasteiger partial charge in [-0.15, -0.1) is 0 Å². The van der Waals surface area contributed by atoms with Crippen molar-refractivity contribution in [1.29, 1.82) is 0 Å². The smallest absolute Gasteiger partial charge is 0.275 e. The first-order valence-electron chi connectivity index (χ1n) is 5.99. The lowest BCUT2D eigenvalue weighted by Crippen LogP contribution is -2.87. The largest absolute Gasteiger partial charge is 0.358 e. The molecule has 5 nitrogen and oxygen atoms in total. The van der Waals surface area contributed by atoms with Crippen molar-refractivity contribution in [2.75, 3.05) is 20.1 Å². The predicted molar refractivity (Wildman–Crippen MR) is 68.7 cm³/mol. The molecule has 0 saturated heterocycles. The number of benzene rings is 1. The molecule has 18 heavy (non-hydrogen) atoms. The third-order valence-electron chi connectivity index (χ3n) is 2.71. The van der Waals surface area contributed by atoms with E-state index in [9.17, 15) is 9.59 Å². The Morgan fingerprint density at radius 1 is 1.22 bits per heavy atom. The fourth-order valence-electron chi connectivity index (χ4n) is 1.52. The van der Waals surface area contributed by atoms with Gasteiger partial charge >= 0.3 is 0 Å². The van der Waals surface area contributed by atoms with Crippen molar-refractivity contribution in [3.05, 3.63) is 35.9 Å². The maximum Gasteiger partial charge on any atom is 0.275 e. The first-order chi connectivity index (χ1) is 8.63. The Kier molecular flexibility index (Phi) is 5.87. The molecule has 0 aliphatic heterocycles. The maximum atomic E-state index is 11.5. The van der Waals surface area contributed by atoms with Gasteiger partial charge in [0.2, 0.25) is 5.91 Å². The molecule has 2 amide bonds. The van der Waals surface area contributed by atoms with Crippen LogP contribution < -0.4 is 16.0 Å². The molecule has 0 spiro atoms. The molecule has 0 saturated carbocycles. The van der Waals surface area contributed by atoms with Crippen molar-refractivity contribution >= 4 is 11.8 Å². The number of rotatable bonds is 6. The minimum absolute atomic E-state index is 0.0306. The van der Waals surface area contributed by atoms with Crippen LogP contribution in [0.15, 0.2) is 30.3 Å². The average molecular weight is 250 g/mol. The van der Waals surface area contributed by atoms with Gasteiger partial charge in [-0.3, -0.25) is 9.59 Å². The molecular weight excluding hydrogens is 230 g/mol. The molecule has 0 bridgehead atoms. The van der Waals surface area contributed by atoms with Crippen molar-refractivity contribution in [3.8, 4) is 0 Å². The normalized spacial score (nSPS) is 11.7. The summed E-state index contributed by atoms with van der Waals surface area (Å²) < 4.78 is 0. The number of quaternary nitrogens is 1. The summed E-state index contributed by atoms with van der Waals surface area (Å²) in [7, 11) is 1.54. The number of hydrogen-bond acceptors (Lipinski definition) is 2. The minimum Gasteiger partial charge on any atom is -0.358 e. The third kappa shape index (κ3) is 4.97. The van der Waals surface area contributed by atoms with Crippen molar-refractivity contribution in [1.82, 2.24) is 10.6 Å². The number of likely N-dealkylation sites (N-methyl/N-ethyl adjacent to an activating group) is 1. The average Bonchev–Trinajstić information content (AvgIpc) is 2.42. The Morgan fingerprint density at radius 2 is 1.89 bits per heavy atom. The van der Waals surface area contributed by atoms with Crippen LogP contribution in [0.2, 0.25) is 0 Å². The second kappa shape index (κ2) is 7.45. The zero-order chi connectivity index (χ0) is 13.4. The van der Waals surface area contributed by atoms with E-state index < -0.39 is 0 Å². The highest BCUT2D eigenvalue weighted by atomic mass is 16.2. The van der Waals surface area contributed by atoms with Gasteiger partial charge in [0.05, 0.1) is 6.54 Å². The number of nitrogens with one attached hydrogen (secondary N) is 2. The zero-order valence-electron chi connectivity index (χ0n) is 10.8. The Hall–Kier alpha value is -1.88. The van der Waals surface area contributed by atoms with E-state index in [-0.39, 0.29) is 24.4 Å². The summed E-state index contributed by atoms with van der Waals surface area (Å²) in [4.78, 5) is 22.4. The van der Waals surface area contributed by atoms with E-state index in [4.69, 9.17) is 0 Å². The van der Waals surface area contributed by atoms with Crippen LogP contribution in [0.1, 0.15) is 18.5 Å². The van der Waals surface area contributed by atoms with Crippen LogP contribution >= 0.6 is 0 Å². The standard InChI is InChI=1S/C13H19N3O2/c1-10(11-6-4-3-5-7-11)15-9-13(18)16-8-12(17)14-2/h3-7,10,15H,8-9H2,1-2H3,(H,14,17)(H,16,18)/p+1/t10-/m0/s1. The van der Waals surface area contributed by atoms with Crippen LogP contribution in [0.4, 0.5) is 0 Å². The molecule has 5 heteroatoms. The van der Waals surface area contributed by atoms with Crippen molar-refractivity contribution in [2.24, 2.45) is 0 Å². The second-order valence-corrected chi connectivity index (χ2v) is 4.09. The minimum atomic E-state index is -0.195. The van der Waals surface area contributed by atoms with Crippen LogP contribution in [0.3, 0.4) is 0 Å². The SMILES string of the molecule is CNC(=O)CNC(=O)C[NH2+][C@@H](C)c1ccccc1. The van der Waals surface area contributed by atoms with Gasteiger partial charge in [0.1, 0.15) is 6.04 Å². The monoisotopic (exact) mass is 250 g/mol. The lowest BCUT2D eigenvalue weighted by atomic mass is 10.1. The van der Waals surface area contributed by atoms with E-state index in [1.807, 2.05) is 42.6 Å². The molecule has 4 N–H and O–H groups in total. The number of amides is 2. The molecule has 1 rings (SSSR count). The van der Waals surface area contributed by atoms with Crippen LogP contribution in [-0.2, 0) is 9.59 Å². The highest BCUT2D eigenvalue weighted by Gasteiger charge is 2.11. The number of hydrogen-bond donors (Lipinski definition) is 3. The Balaban J connectivity index is 2.28. The van der Waals surface area contributed by atoms with Gasteiger partial charge < -0.3 is 16.0 Å². The zero-order valence-corrected chi connectivity index (χ0v) is 10.8. The summed E-state index contributed by atoms with van der Waals surface area (Å²) >= 11 is 0. The van der Waals surface area contributed by atoms with Crippen molar-refractivity contribution in [2.45, 2.75) is 13.0 Å². The second-order valence-electron chi connectivity index (χ2n) is 4.09. The molecule has 0 aliphatic carbocycles. The Morgan fingerprint density at radius 3 is 2.50 bits per heavy atom. The molecule has 0 radical (unpaired) electrons. The Labute approximate surface area is 107 Å². The molecule has 0 fully saturated rings. The van der Waals surface area contributed by atoms with E-state index in [1.54, 1.807) is 0 Å². The number of carbonyl (C=O) groups excluding carboxylic acids is 2. The first kappa shape index (κ1) is 14.2. The molecule has 0 aliphatic rings. The van der Waals surface area contributed by atoms with Crippen LogP contribution in [0, 0.1) is 0 Å². The molecule has 0 unspecified atom stereocenters. The van der Waals surface area contributed by atoms with Crippen molar-refractivity contribution < 1.29 is 14.9 Å². The maximum absolute atomic E-state index is 11.5. The van der Waals surface area contributed by atoms with E-state index in [0.29, 0.717) is 6.54 Å². The third-order valence-corrected chi connectivity index (χ3v) is 2.71. The molecular formula is C13H20N3O2+. The van der Waals surface area contributed by atoms with Crippen LogP contribution in [-0.4, -0.2) is 32.0 Å². The number of carbonyl (C=O) groups is 2. The molecule has 98 valence electrons. The van der Waals surface area contributed by atoms with Crippen molar-refractivity contribution in [3.63, 3.8) is 0 Å². The highest BCUT2D eigenvalue weighted by molar-refractivity contribution is 5.84. The van der Waals surface area contributed by atoms with E-state index in [0.717, 1.165) is 0 Å². The van der Waals surface area contributed by atoms with E-state index in [1.165, 1.54) is 12.6 Å². The molecule has 1 atom stereocenters. The van der Waals surface area contributed by atoms with Crippen LogP contribution in [0.5, 0.6) is 0 Å². The lowest BCUT2D eigenvalue weighted by molar-refractivity contribution is -0.682. The summed E-state index contributed by atoms with van der Waals surface area (Å²) in [5, 5.41) is 6.94. The number of nitrogens with two attached hydrogens (primary N) is 1. The lowest BCUT2D eigenvalue weighted by Gasteiger charge is -2.10. The fourth-order valence-corrected chi connectivity index (χ4v) is 1.52. The van der Waals surface area contributed by atoms with Gasteiger partial charge in [-0.2, -0.15) is 0 Å². The summed E-state index contributed by atoms with van der Waals surface area (Å²) in [5.41, 5.74) is 1.18. The van der Waals surface area contributed by atoms with Gasteiger partial charge in [0, 0.05) is 12.6 Å². The van der Waals surface area contributed by atoms with Gasteiger partial charge in [0.15, 0.2) is 6.54 Å². The van der Waals surface area contributed by atoms with Gasteiger partial charge in [-0.1, -0.05) is 30.3 Å². The highest BCUT2D eigenvalue weighted by Crippen LogP contribution is 2.05. The van der Waals surface area contributed by atoms with E-state index >= 15 is 0 Å². The van der Waals surface area contributed by atoms with Crippen LogP contribution in [0.25, 0.3) is 0 Å². The summed E-state index contributed by atoms with van der Waals surface area (Å²) in [6.07, 6.45) is 0. The molecule has 0 heterocycles. The summed E-state index contributed by atoms with van der Waals surface area (Å²) in [5.74, 6) is -0.333. The quantitative estimate of drug-likeness (QED) is 0.616. The van der Waals surface area contributed by atoms with Gasteiger partial charge in [-0.05, 0) is 6.92 Å². The fraction of sp³-hybridized carbons (Fsp3) is 0.385. The van der Waals surface area contributed by atoms with Gasteiger partial charge in [0.25, 0.3) is 5.91 Å². The summed E-state index contributed by atoms with van der Waals surface area (Å²) in [6.45, 7) is 2.39. The first-order valence-corrected chi connectivity index (χ1v) is 5.99. The Bertz CT molecular complexity index is 392. The topological polar surface area (TPSA) is 74.8 Å².